The van der Waals surface area contributed by atoms with Crippen LogP contribution < -0.4 is 16.2 Å². The Morgan fingerprint density at radius 2 is 1.93 bits per heavy atom. The first-order valence-corrected chi connectivity index (χ1v) is 9.13. The van der Waals surface area contributed by atoms with Crippen LogP contribution in [0, 0.1) is 5.82 Å². The van der Waals surface area contributed by atoms with Crippen molar-refractivity contribution in [1.29, 1.82) is 0 Å². The second-order valence-electron chi connectivity index (χ2n) is 6.51. The van der Waals surface area contributed by atoms with Gasteiger partial charge >= 0.3 is 0 Å². The van der Waals surface area contributed by atoms with E-state index in [4.69, 9.17) is 32.5 Å². The van der Waals surface area contributed by atoms with E-state index in [1.807, 2.05) is 0 Å². The zero-order valence-electron chi connectivity index (χ0n) is 15.9. The molecular weight excluding hydrogens is 393 g/mol. The number of pyridine rings is 1. The minimum Gasteiger partial charge on any atom is -0.495 e. The number of nitrogens with zero attached hydrogens (tertiary/aromatic N) is 1. The van der Waals surface area contributed by atoms with Gasteiger partial charge < -0.3 is 20.9 Å². The molecule has 0 bridgehead atoms. The lowest BCUT2D eigenvalue weighted by Gasteiger charge is -2.31. The van der Waals surface area contributed by atoms with Crippen molar-refractivity contribution in [1.82, 2.24) is 4.98 Å². The van der Waals surface area contributed by atoms with Crippen molar-refractivity contribution in [3.63, 3.8) is 0 Å². The standard InChI is InChI=1S/C22H21ClFN3O2/c1-14(25)29-13-22(26,17-6-8-21(28-2)19(23)11-17)16-5-7-20(24)18(10-16)15-4-3-9-27-12-15/h3-12H,1,13,25-26H2,2H3. The van der Waals surface area contributed by atoms with E-state index in [0.29, 0.717) is 33.0 Å². The van der Waals surface area contributed by atoms with E-state index in [-0.39, 0.29) is 18.3 Å². The molecule has 0 saturated heterocycles. The van der Waals surface area contributed by atoms with Crippen LogP contribution in [0.3, 0.4) is 0 Å². The second kappa shape index (κ2) is 8.51. The van der Waals surface area contributed by atoms with Crippen LogP contribution in [-0.2, 0) is 10.3 Å². The fourth-order valence-corrected chi connectivity index (χ4v) is 3.29. The molecule has 0 fully saturated rings. The van der Waals surface area contributed by atoms with E-state index in [9.17, 15) is 4.39 Å². The molecule has 0 radical (unpaired) electrons. The summed E-state index contributed by atoms with van der Waals surface area (Å²) in [5, 5.41) is 0.390. The zero-order chi connectivity index (χ0) is 21.0. The Labute approximate surface area is 173 Å². The summed E-state index contributed by atoms with van der Waals surface area (Å²) in [5.41, 5.74) is 13.5. The molecule has 0 spiro atoms. The van der Waals surface area contributed by atoms with Crippen LogP contribution >= 0.6 is 11.6 Å². The fourth-order valence-electron chi connectivity index (χ4n) is 3.03. The average Bonchev–Trinajstić information content (AvgIpc) is 2.73. The van der Waals surface area contributed by atoms with Crippen molar-refractivity contribution in [2.75, 3.05) is 13.7 Å². The first kappa shape index (κ1) is 20.6. The average molecular weight is 414 g/mol. The lowest BCUT2D eigenvalue weighted by Crippen LogP contribution is -2.43. The predicted molar refractivity (Wildman–Crippen MR) is 112 cm³/mol. The molecule has 2 aromatic carbocycles. The molecule has 150 valence electrons. The van der Waals surface area contributed by atoms with Crippen LogP contribution in [0.1, 0.15) is 11.1 Å². The number of benzene rings is 2. The van der Waals surface area contributed by atoms with Gasteiger partial charge in [0.2, 0.25) is 0 Å². The number of aromatic nitrogens is 1. The summed E-state index contributed by atoms with van der Waals surface area (Å²) in [5.74, 6) is 0.145. The molecule has 4 N–H and O–H groups in total. The molecule has 0 aliphatic rings. The predicted octanol–water partition coefficient (Wildman–Crippen LogP) is 4.20. The summed E-state index contributed by atoms with van der Waals surface area (Å²) in [4.78, 5) is 4.06. The van der Waals surface area contributed by atoms with E-state index in [2.05, 4.69) is 11.6 Å². The van der Waals surface area contributed by atoms with Gasteiger partial charge in [-0.1, -0.05) is 29.8 Å². The van der Waals surface area contributed by atoms with Gasteiger partial charge in [0.05, 0.1) is 12.1 Å². The third kappa shape index (κ3) is 4.34. The number of rotatable bonds is 7. The lowest BCUT2D eigenvalue weighted by atomic mass is 9.83. The summed E-state index contributed by atoms with van der Waals surface area (Å²) in [6.07, 6.45) is 3.21. The van der Waals surface area contributed by atoms with Gasteiger partial charge in [-0.3, -0.25) is 4.98 Å². The molecule has 0 amide bonds. The van der Waals surface area contributed by atoms with Crippen molar-refractivity contribution in [2.45, 2.75) is 5.54 Å². The number of hydrogen-bond acceptors (Lipinski definition) is 5. The van der Waals surface area contributed by atoms with Crippen LogP contribution in [-0.4, -0.2) is 18.7 Å². The van der Waals surface area contributed by atoms with Crippen molar-refractivity contribution in [3.8, 4) is 16.9 Å². The number of nitrogens with two attached hydrogens (primary N) is 2. The summed E-state index contributed by atoms with van der Waals surface area (Å²) in [6, 6.07) is 13.3. The Hall–Kier alpha value is -3.09. The van der Waals surface area contributed by atoms with E-state index in [1.54, 1.807) is 54.9 Å². The van der Waals surface area contributed by atoms with Crippen molar-refractivity contribution in [3.05, 3.63) is 95.4 Å². The first-order chi connectivity index (χ1) is 13.8. The molecule has 1 heterocycles. The minimum absolute atomic E-state index is 0.0222. The maximum atomic E-state index is 14.6. The zero-order valence-corrected chi connectivity index (χ0v) is 16.6. The molecule has 29 heavy (non-hydrogen) atoms. The van der Waals surface area contributed by atoms with Crippen LogP contribution in [0.15, 0.2) is 73.4 Å². The smallest absolute Gasteiger partial charge is 0.176 e. The van der Waals surface area contributed by atoms with Crippen molar-refractivity contribution >= 4 is 11.6 Å². The van der Waals surface area contributed by atoms with Crippen LogP contribution in [0.25, 0.3) is 11.1 Å². The van der Waals surface area contributed by atoms with Gasteiger partial charge in [-0.15, -0.1) is 0 Å². The Bertz CT molecular complexity index is 1030. The highest BCUT2D eigenvalue weighted by atomic mass is 35.5. The molecule has 1 unspecified atom stereocenters. The summed E-state index contributed by atoms with van der Waals surface area (Å²) < 4.78 is 25.2. The second-order valence-corrected chi connectivity index (χ2v) is 6.92. The summed E-state index contributed by atoms with van der Waals surface area (Å²) in [7, 11) is 1.53. The van der Waals surface area contributed by atoms with E-state index in [1.165, 1.54) is 13.2 Å². The SMILES string of the molecule is C=C(N)OCC(N)(c1ccc(OC)c(Cl)c1)c1ccc(F)c(-c2cccnc2)c1. The van der Waals surface area contributed by atoms with Crippen LogP contribution in [0.4, 0.5) is 4.39 Å². The molecule has 3 rings (SSSR count). The fraction of sp³-hybridized carbons (Fsp3) is 0.136. The first-order valence-electron chi connectivity index (χ1n) is 8.75. The molecule has 0 aliphatic carbocycles. The Kier molecular flexibility index (Phi) is 6.06. The number of hydrogen-bond donors (Lipinski definition) is 2. The lowest BCUT2D eigenvalue weighted by molar-refractivity contribution is 0.161. The highest BCUT2D eigenvalue weighted by Crippen LogP contribution is 2.35. The quantitative estimate of drug-likeness (QED) is 0.567. The van der Waals surface area contributed by atoms with Crippen LogP contribution in [0.2, 0.25) is 5.02 Å². The van der Waals surface area contributed by atoms with Crippen molar-refractivity contribution < 1.29 is 13.9 Å². The normalized spacial score (nSPS) is 12.8. The maximum absolute atomic E-state index is 14.6. The molecular formula is C22H21ClFN3O2. The Morgan fingerprint density at radius 3 is 2.55 bits per heavy atom. The van der Waals surface area contributed by atoms with Gasteiger partial charge in [-0.05, 0) is 48.0 Å². The van der Waals surface area contributed by atoms with Gasteiger partial charge in [0.25, 0.3) is 0 Å². The Morgan fingerprint density at radius 1 is 1.21 bits per heavy atom. The topological polar surface area (TPSA) is 83.4 Å². The van der Waals surface area contributed by atoms with Gasteiger partial charge in [0, 0.05) is 23.5 Å². The molecule has 0 saturated carbocycles. The molecule has 5 nitrogen and oxygen atoms in total. The van der Waals surface area contributed by atoms with Crippen LogP contribution in [0.5, 0.6) is 5.75 Å². The largest absolute Gasteiger partial charge is 0.495 e. The third-order valence-corrected chi connectivity index (χ3v) is 4.90. The number of ether oxygens (including phenoxy) is 2. The molecule has 0 aliphatic heterocycles. The van der Waals surface area contributed by atoms with E-state index < -0.39 is 5.54 Å². The maximum Gasteiger partial charge on any atom is 0.176 e. The third-order valence-electron chi connectivity index (χ3n) is 4.61. The number of methoxy groups -OCH3 is 1. The highest BCUT2D eigenvalue weighted by Gasteiger charge is 2.32. The van der Waals surface area contributed by atoms with E-state index >= 15 is 0 Å². The molecule has 7 heteroatoms. The van der Waals surface area contributed by atoms with E-state index in [0.717, 1.165) is 0 Å². The van der Waals surface area contributed by atoms with Gasteiger partial charge in [0.1, 0.15) is 23.7 Å². The van der Waals surface area contributed by atoms with Gasteiger partial charge in [0.15, 0.2) is 5.88 Å². The highest BCUT2D eigenvalue weighted by molar-refractivity contribution is 6.32. The summed E-state index contributed by atoms with van der Waals surface area (Å²) in [6.45, 7) is 3.53. The number of halogens is 2. The summed E-state index contributed by atoms with van der Waals surface area (Å²) >= 11 is 6.31. The van der Waals surface area contributed by atoms with Gasteiger partial charge in [-0.25, -0.2) is 4.39 Å². The molecule has 3 aromatic rings. The minimum atomic E-state index is -1.18. The monoisotopic (exact) mass is 413 g/mol. The van der Waals surface area contributed by atoms with Crippen molar-refractivity contribution in [2.24, 2.45) is 11.5 Å². The molecule has 1 atom stereocenters. The van der Waals surface area contributed by atoms with Gasteiger partial charge in [-0.2, -0.15) is 0 Å². The molecule has 1 aromatic heterocycles. The Balaban J connectivity index is 2.14.